The molecule has 0 bridgehead atoms. The summed E-state index contributed by atoms with van der Waals surface area (Å²) < 4.78 is 6.11. The van der Waals surface area contributed by atoms with Crippen LogP contribution in [0.25, 0.3) is 0 Å². The smallest absolute Gasteiger partial charge is 0.272 e. The molecule has 0 radical (unpaired) electrons. The molecule has 0 N–H and O–H groups in total. The van der Waals surface area contributed by atoms with Crippen molar-refractivity contribution in [3.63, 3.8) is 0 Å². The van der Waals surface area contributed by atoms with E-state index in [1.165, 1.54) is 5.56 Å². The molecule has 1 aromatic carbocycles. The first-order valence-electron chi connectivity index (χ1n) is 7.91. The Morgan fingerprint density at radius 2 is 1.83 bits per heavy atom. The summed E-state index contributed by atoms with van der Waals surface area (Å²) in [5, 5.41) is 0. The van der Waals surface area contributed by atoms with E-state index < -0.39 is 0 Å². The van der Waals surface area contributed by atoms with Crippen molar-refractivity contribution in [1.29, 1.82) is 0 Å². The maximum atomic E-state index is 12.3. The van der Waals surface area contributed by atoms with Crippen molar-refractivity contribution in [2.75, 3.05) is 13.1 Å². The SMILES string of the molecule is CC(C)(C)c1ccccc1OC1CN(C(=O)c2ccccn2)C1. The molecule has 2 aromatic rings. The second-order valence-corrected chi connectivity index (χ2v) is 6.91. The third-order valence-corrected chi connectivity index (χ3v) is 4.01. The van der Waals surface area contributed by atoms with Crippen LogP contribution < -0.4 is 4.74 Å². The summed E-state index contributed by atoms with van der Waals surface area (Å²) in [6.07, 6.45) is 1.69. The van der Waals surface area contributed by atoms with Crippen LogP contribution in [-0.2, 0) is 5.41 Å². The fourth-order valence-electron chi connectivity index (χ4n) is 2.70. The minimum Gasteiger partial charge on any atom is -0.486 e. The first-order valence-corrected chi connectivity index (χ1v) is 7.91. The lowest BCUT2D eigenvalue weighted by atomic mass is 9.86. The molecule has 1 fully saturated rings. The van der Waals surface area contributed by atoms with Gasteiger partial charge in [-0.25, -0.2) is 0 Å². The maximum absolute atomic E-state index is 12.3. The summed E-state index contributed by atoms with van der Waals surface area (Å²) >= 11 is 0. The Balaban J connectivity index is 1.62. The van der Waals surface area contributed by atoms with Gasteiger partial charge in [-0.2, -0.15) is 0 Å². The second kappa shape index (κ2) is 6.03. The number of hydrogen-bond donors (Lipinski definition) is 0. The molecule has 0 saturated carbocycles. The summed E-state index contributed by atoms with van der Waals surface area (Å²) in [6, 6.07) is 13.5. The van der Waals surface area contributed by atoms with Gasteiger partial charge in [0, 0.05) is 6.20 Å². The molecule has 0 spiro atoms. The van der Waals surface area contributed by atoms with E-state index in [4.69, 9.17) is 4.74 Å². The number of rotatable bonds is 3. The average Bonchev–Trinajstić information content (AvgIpc) is 2.50. The van der Waals surface area contributed by atoms with E-state index in [-0.39, 0.29) is 17.4 Å². The highest BCUT2D eigenvalue weighted by molar-refractivity contribution is 5.92. The van der Waals surface area contributed by atoms with Crippen LogP contribution in [0.2, 0.25) is 0 Å². The molecule has 2 heterocycles. The first kappa shape index (κ1) is 15.5. The molecule has 0 unspecified atom stereocenters. The number of benzene rings is 1. The van der Waals surface area contributed by atoms with Gasteiger partial charge in [0.1, 0.15) is 17.5 Å². The van der Waals surface area contributed by atoms with E-state index >= 15 is 0 Å². The lowest BCUT2D eigenvalue weighted by Crippen LogP contribution is -2.56. The fraction of sp³-hybridized carbons (Fsp3) is 0.368. The zero-order chi connectivity index (χ0) is 16.4. The van der Waals surface area contributed by atoms with E-state index in [2.05, 4.69) is 31.8 Å². The lowest BCUT2D eigenvalue weighted by Gasteiger charge is -2.39. The topological polar surface area (TPSA) is 42.4 Å². The maximum Gasteiger partial charge on any atom is 0.272 e. The van der Waals surface area contributed by atoms with Gasteiger partial charge in [-0.3, -0.25) is 9.78 Å². The van der Waals surface area contributed by atoms with Crippen LogP contribution in [0.4, 0.5) is 0 Å². The Bertz CT molecular complexity index is 686. The van der Waals surface area contributed by atoms with Crippen LogP contribution in [-0.4, -0.2) is 35.0 Å². The van der Waals surface area contributed by atoms with E-state index in [1.54, 1.807) is 17.2 Å². The number of nitrogens with zero attached hydrogens (tertiary/aromatic N) is 2. The highest BCUT2D eigenvalue weighted by Crippen LogP contribution is 2.32. The molecule has 0 aliphatic carbocycles. The Labute approximate surface area is 137 Å². The minimum absolute atomic E-state index is 0.0316. The summed E-state index contributed by atoms with van der Waals surface area (Å²) in [7, 11) is 0. The molecule has 120 valence electrons. The third-order valence-electron chi connectivity index (χ3n) is 4.01. The van der Waals surface area contributed by atoms with Gasteiger partial charge in [-0.05, 0) is 29.2 Å². The molecule has 1 aliphatic heterocycles. The zero-order valence-electron chi connectivity index (χ0n) is 13.8. The Morgan fingerprint density at radius 1 is 1.13 bits per heavy atom. The number of likely N-dealkylation sites (tertiary alicyclic amines) is 1. The normalized spacial score (nSPS) is 15.2. The molecule has 1 amide bonds. The Morgan fingerprint density at radius 3 is 2.48 bits per heavy atom. The zero-order valence-corrected chi connectivity index (χ0v) is 13.8. The van der Waals surface area contributed by atoms with E-state index in [0.29, 0.717) is 18.8 Å². The quantitative estimate of drug-likeness (QED) is 0.873. The predicted octanol–water partition coefficient (Wildman–Crippen LogP) is 3.28. The van der Waals surface area contributed by atoms with Gasteiger partial charge >= 0.3 is 0 Å². The highest BCUT2D eigenvalue weighted by Gasteiger charge is 2.34. The van der Waals surface area contributed by atoms with Crippen molar-refractivity contribution in [2.45, 2.75) is 32.3 Å². The molecule has 4 nitrogen and oxygen atoms in total. The van der Waals surface area contributed by atoms with Crippen LogP contribution in [0.3, 0.4) is 0 Å². The summed E-state index contributed by atoms with van der Waals surface area (Å²) in [5.41, 5.74) is 1.71. The molecule has 3 rings (SSSR count). The van der Waals surface area contributed by atoms with Gasteiger partial charge in [-0.1, -0.05) is 45.0 Å². The minimum atomic E-state index is -0.0328. The fourth-order valence-corrected chi connectivity index (χ4v) is 2.70. The van der Waals surface area contributed by atoms with E-state index in [0.717, 1.165) is 5.75 Å². The van der Waals surface area contributed by atoms with Crippen LogP contribution in [0, 0.1) is 0 Å². The molecule has 0 atom stereocenters. The predicted molar refractivity (Wildman–Crippen MR) is 89.7 cm³/mol. The number of hydrogen-bond acceptors (Lipinski definition) is 3. The van der Waals surface area contributed by atoms with Crippen molar-refractivity contribution in [3.8, 4) is 5.75 Å². The van der Waals surface area contributed by atoms with Crippen LogP contribution in [0.5, 0.6) is 5.75 Å². The van der Waals surface area contributed by atoms with E-state index in [1.807, 2.05) is 30.3 Å². The first-order chi connectivity index (χ1) is 10.9. The van der Waals surface area contributed by atoms with Crippen LogP contribution >= 0.6 is 0 Å². The standard InChI is InChI=1S/C19H22N2O2/c1-19(2,3)15-8-4-5-10-17(15)23-14-12-21(13-14)18(22)16-9-6-7-11-20-16/h4-11,14H,12-13H2,1-3H3. The molecular weight excluding hydrogens is 288 g/mol. The van der Waals surface area contributed by atoms with Crippen molar-refractivity contribution in [3.05, 3.63) is 59.9 Å². The molecule has 1 saturated heterocycles. The molecule has 23 heavy (non-hydrogen) atoms. The number of carbonyl (C=O) groups is 1. The van der Waals surface area contributed by atoms with Crippen molar-refractivity contribution >= 4 is 5.91 Å². The van der Waals surface area contributed by atoms with E-state index in [9.17, 15) is 4.79 Å². The molecular formula is C19H22N2O2. The number of carbonyl (C=O) groups excluding carboxylic acids is 1. The van der Waals surface area contributed by atoms with Gasteiger partial charge in [0.2, 0.25) is 0 Å². The summed E-state index contributed by atoms with van der Waals surface area (Å²) in [6.45, 7) is 7.73. The second-order valence-electron chi connectivity index (χ2n) is 6.91. The summed E-state index contributed by atoms with van der Waals surface area (Å²) in [4.78, 5) is 18.1. The van der Waals surface area contributed by atoms with Crippen molar-refractivity contribution in [2.24, 2.45) is 0 Å². The number of ether oxygens (including phenoxy) is 1. The van der Waals surface area contributed by atoms with Gasteiger partial charge < -0.3 is 9.64 Å². The average molecular weight is 310 g/mol. The third kappa shape index (κ3) is 3.36. The van der Waals surface area contributed by atoms with Gasteiger partial charge in [0.25, 0.3) is 5.91 Å². The Hall–Kier alpha value is -2.36. The molecule has 1 aromatic heterocycles. The number of pyridine rings is 1. The highest BCUT2D eigenvalue weighted by atomic mass is 16.5. The van der Waals surface area contributed by atoms with Gasteiger partial charge in [0.05, 0.1) is 13.1 Å². The van der Waals surface area contributed by atoms with Gasteiger partial charge in [-0.15, -0.1) is 0 Å². The lowest BCUT2D eigenvalue weighted by molar-refractivity contribution is 0.0167. The molecule has 4 heteroatoms. The van der Waals surface area contributed by atoms with Crippen molar-refractivity contribution < 1.29 is 9.53 Å². The number of aromatic nitrogens is 1. The number of para-hydroxylation sites is 1. The molecule has 1 aliphatic rings. The monoisotopic (exact) mass is 310 g/mol. The largest absolute Gasteiger partial charge is 0.486 e. The Kier molecular flexibility index (Phi) is 4.07. The van der Waals surface area contributed by atoms with Crippen LogP contribution in [0.15, 0.2) is 48.7 Å². The summed E-state index contributed by atoms with van der Waals surface area (Å²) in [5.74, 6) is 0.879. The van der Waals surface area contributed by atoms with Crippen molar-refractivity contribution in [1.82, 2.24) is 9.88 Å². The van der Waals surface area contributed by atoms with Gasteiger partial charge in [0.15, 0.2) is 0 Å². The van der Waals surface area contributed by atoms with Crippen LogP contribution in [0.1, 0.15) is 36.8 Å². The number of amides is 1.